The Morgan fingerprint density at radius 2 is 1.67 bits per heavy atom. The lowest BCUT2D eigenvalue weighted by Crippen LogP contribution is -2.46. The van der Waals surface area contributed by atoms with E-state index in [1.807, 2.05) is 0 Å². The fraction of sp³-hybridized carbons (Fsp3) is 0.286. The van der Waals surface area contributed by atoms with Crippen molar-refractivity contribution in [3.63, 3.8) is 0 Å². The highest BCUT2D eigenvalue weighted by Gasteiger charge is 2.33. The number of rotatable bonds is 7. The van der Waals surface area contributed by atoms with Crippen molar-refractivity contribution in [3.05, 3.63) is 69.8 Å². The quantitative estimate of drug-likeness (QED) is 0.471. The molecule has 0 atom stereocenters. The molecule has 1 aliphatic rings. The third kappa shape index (κ3) is 5.52. The summed E-state index contributed by atoms with van der Waals surface area (Å²) in [6.07, 6.45) is 1.46. The summed E-state index contributed by atoms with van der Waals surface area (Å²) in [5, 5.41) is 15.8. The molecular weight excluding hydrogens is 452 g/mol. The zero-order chi connectivity index (χ0) is 24.2. The minimum Gasteiger partial charge on any atom is -0.352 e. The lowest BCUT2D eigenvalue weighted by molar-refractivity contribution is -0.384. The van der Waals surface area contributed by atoms with Crippen LogP contribution in [0.3, 0.4) is 0 Å². The number of hydrazine groups is 1. The van der Waals surface area contributed by atoms with Gasteiger partial charge in [-0.2, -0.15) is 0 Å². The van der Waals surface area contributed by atoms with Gasteiger partial charge in [0, 0.05) is 50.0 Å². The summed E-state index contributed by atoms with van der Waals surface area (Å²) < 4.78 is 24.1. The predicted octanol–water partition coefficient (Wildman–Crippen LogP) is 1.41. The number of carbonyl (C=O) groups excluding carboxylic acids is 3. The van der Waals surface area contributed by atoms with Crippen LogP contribution in [0.5, 0.6) is 0 Å². The van der Waals surface area contributed by atoms with E-state index in [2.05, 4.69) is 5.32 Å². The van der Waals surface area contributed by atoms with Crippen LogP contribution in [0.25, 0.3) is 0 Å². The molecule has 0 bridgehead atoms. The molecule has 1 aliphatic heterocycles. The largest absolute Gasteiger partial charge is 0.352 e. The maximum atomic E-state index is 13.0. The number of nitro benzene ring substituents is 1. The number of carbonyl (C=O) groups is 3. The average molecular weight is 474 g/mol. The molecule has 11 nitrogen and oxygen atoms in total. The third-order valence-electron chi connectivity index (χ3n) is 5.04. The first-order valence-corrected chi connectivity index (χ1v) is 11.9. The minimum absolute atomic E-state index is 0.00683. The number of nitrogens with zero attached hydrogens (tertiary/aromatic N) is 3. The van der Waals surface area contributed by atoms with E-state index in [1.54, 1.807) is 6.07 Å². The van der Waals surface area contributed by atoms with E-state index >= 15 is 0 Å². The van der Waals surface area contributed by atoms with E-state index in [0.29, 0.717) is 13.0 Å². The SMILES string of the molecule is CS(=O)(=O)c1ccccc1C(=O)N1CCCN1C(=O)CCNC(=O)c1ccc([N+](=O)[O-])cc1. The zero-order valence-electron chi connectivity index (χ0n) is 17.8. The number of amides is 3. The van der Waals surface area contributed by atoms with Crippen LogP contribution in [-0.2, 0) is 14.6 Å². The van der Waals surface area contributed by atoms with E-state index in [4.69, 9.17) is 0 Å². The van der Waals surface area contributed by atoms with E-state index in [1.165, 1.54) is 52.5 Å². The van der Waals surface area contributed by atoms with Gasteiger partial charge in [-0.3, -0.25) is 29.5 Å². The molecule has 1 N–H and O–H groups in total. The molecule has 0 aromatic heterocycles. The minimum atomic E-state index is -3.64. The van der Waals surface area contributed by atoms with Crippen molar-refractivity contribution < 1.29 is 27.7 Å². The van der Waals surface area contributed by atoms with Crippen molar-refractivity contribution in [2.75, 3.05) is 25.9 Å². The first-order valence-electron chi connectivity index (χ1n) is 10.0. The molecule has 0 aliphatic carbocycles. The molecular formula is C21H22N4O7S. The monoisotopic (exact) mass is 474 g/mol. The van der Waals surface area contributed by atoms with Gasteiger partial charge in [-0.1, -0.05) is 12.1 Å². The van der Waals surface area contributed by atoms with Crippen LogP contribution in [0.4, 0.5) is 5.69 Å². The average Bonchev–Trinajstić information content (AvgIpc) is 3.28. The Hall–Kier alpha value is -3.80. The first-order chi connectivity index (χ1) is 15.6. The van der Waals surface area contributed by atoms with Crippen molar-refractivity contribution >= 4 is 33.2 Å². The van der Waals surface area contributed by atoms with E-state index in [-0.39, 0.29) is 41.2 Å². The molecule has 2 aromatic rings. The van der Waals surface area contributed by atoms with Crippen LogP contribution in [0, 0.1) is 10.1 Å². The Morgan fingerprint density at radius 1 is 1.03 bits per heavy atom. The van der Waals surface area contributed by atoms with Gasteiger partial charge in [0.15, 0.2) is 9.84 Å². The van der Waals surface area contributed by atoms with Crippen LogP contribution < -0.4 is 5.32 Å². The predicted molar refractivity (Wildman–Crippen MR) is 117 cm³/mol. The maximum Gasteiger partial charge on any atom is 0.273 e. The first kappa shape index (κ1) is 23.9. The highest BCUT2D eigenvalue weighted by Crippen LogP contribution is 2.21. The van der Waals surface area contributed by atoms with Gasteiger partial charge in [0.2, 0.25) is 5.91 Å². The van der Waals surface area contributed by atoms with Gasteiger partial charge in [-0.05, 0) is 30.7 Å². The van der Waals surface area contributed by atoms with Gasteiger partial charge in [0.05, 0.1) is 15.4 Å². The number of nitro groups is 1. The zero-order valence-corrected chi connectivity index (χ0v) is 18.6. The normalized spacial score (nSPS) is 13.6. The van der Waals surface area contributed by atoms with Crippen molar-refractivity contribution in [1.29, 1.82) is 0 Å². The summed E-state index contributed by atoms with van der Waals surface area (Å²) in [5.74, 6) is -1.48. The second kappa shape index (κ2) is 9.77. The van der Waals surface area contributed by atoms with Gasteiger partial charge in [-0.25, -0.2) is 13.4 Å². The summed E-state index contributed by atoms with van der Waals surface area (Å²) in [6, 6.07) is 10.9. The summed E-state index contributed by atoms with van der Waals surface area (Å²) in [7, 11) is -3.64. The number of hydrogen-bond acceptors (Lipinski definition) is 7. The van der Waals surface area contributed by atoms with Crippen molar-refractivity contribution in [2.45, 2.75) is 17.7 Å². The van der Waals surface area contributed by atoms with Crippen LogP contribution in [0.2, 0.25) is 0 Å². The van der Waals surface area contributed by atoms with Crippen LogP contribution >= 0.6 is 0 Å². The Morgan fingerprint density at radius 3 is 2.30 bits per heavy atom. The standard InChI is InChI=1S/C21H22N4O7S/c1-33(31,32)18-6-3-2-5-17(18)21(28)24-14-4-13-23(24)19(26)11-12-22-20(27)15-7-9-16(10-8-15)25(29)30/h2-3,5-10H,4,11-14H2,1H3,(H,22,27). The van der Waals surface area contributed by atoms with Crippen molar-refractivity contribution in [3.8, 4) is 0 Å². The number of nitrogens with one attached hydrogen (secondary N) is 1. The maximum absolute atomic E-state index is 13.0. The lowest BCUT2D eigenvalue weighted by atomic mass is 10.2. The Balaban J connectivity index is 1.62. The van der Waals surface area contributed by atoms with Gasteiger partial charge in [0.25, 0.3) is 17.5 Å². The highest BCUT2D eigenvalue weighted by atomic mass is 32.2. The summed E-state index contributed by atoms with van der Waals surface area (Å²) in [6.45, 7) is 0.548. The van der Waals surface area contributed by atoms with Gasteiger partial charge in [-0.15, -0.1) is 0 Å². The Labute approximate surface area is 190 Å². The van der Waals surface area contributed by atoms with Gasteiger partial charge >= 0.3 is 0 Å². The number of hydrogen-bond donors (Lipinski definition) is 1. The molecule has 0 spiro atoms. The molecule has 0 radical (unpaired) electrons. The van der Waals surface area contributed by atoms with Crippen LogP contribution in [0.1, 0.15) is 33.6 Å². The molecule has 2 aromatic carbocycles. The molecule has 1 heterocycles. The lowest BCUT2D eigenvalue weighted by Gasteiger charge is -2.28. The van der Waals surface area contributed by atoms with Crippen molar-refractivity contribution in [1.82, 2.24) is 15.3 Å². The number of benzene rings is 2. The molecule has 12 heteroatoms. The van der Waals surface area contributed by atoms with E-state index < -0.39 is 32.5 Å². The van der Waals surface area contributed by atoms with Gasteiger partial charge < -0.3 is 5.32 Å². The molecule has 0 saturated carbocycles. The molecule has 1 fully saturated rings. The number of sulfone groups is 1. The smallest absolute Gasteiger partial charge is 0.273 e. The molecule has 3 amide bonds. The topological polar surface area (TPSA) is 147 Å². The Bertz CT molecular complexity index is 1200. The number of non-ortho nitro benzene ring substituents is 1. The molecule has 33 heavy (non-hydrogen) atoms. The fourth-order valence-corrected chi connectivity index (χ4v) is 4.32. The van der Waals surface area contributed by atoms with Crippen LogP contribution in [-0.4, -0.2) is 67.0 Å². The molecule has 3 rings (SSSR count). The second-order valence-electron chi connectivity index (χ2n) is 7.38. The summed E-state index contributed by atoms with van der Waals surface area (Å²) in [4.78, 5) is 47.9. The van der Waals surface area contributed by atoms with Crippen molar-refractivity contribution in [2.24, 2.45) is 0 Å². The van der Waals surface area contributed by atoms with E-state index in [9.17, 15) is 32.9 Å². The molecule has 1 saturated heterocycles. The molecule has 0 unspecified atom stereocenters. The van der Waals surface area contributed by atoms with E-state index in [0.717, 1.165) is 6.26 Å². The van der Waals surface area contributed by atoms with Crippen LogP contribution in [0.15, 0.2) is 53.4 Å². The summed E-state index contributed by atoms with van der Waals surface area (Å²) in [5.41, 5.74) is 0.0625. The molecule has 174 valence electrons. The second-order valence-corrected chi connectivity index (χ2v) is 9.36. The third-order valence-corrected chi connectivity index (χ3v) is 6.19. The Kier molecular flexibility index (Phi) is 7.07. The summed E-state index contributed by atoms with van der Waals surface area (Å²) >= 11 is 0. The highest BCUT2D eigenvalue weighted by molar-refractivity contribution is 7.90. The van der Waals surface area contributed by atoms with Gasteiger partial charge in [0.1, 0.15) is 0 Å². The fourth-order valence-electron chi connectivity index (χ4n) is 3.44.